The first-order valence-electron chi connectivity index (χ1n) is 7.92. The first kappa shape index (κ1) is 16.6. The lowest BCUT2D eigenvalue weighted by molar-refractivity contribution is 0.103. The van der Waals surface area contributed by atoms with Crippen molar-refractivity contribution in [2.75, 3.05) is 5.32 Å². The highest BCUT2D eigenvalue weighted by molar-refractivity contribution is 7.22. The monoisotopic (exact) mass is 381 g/mol. The highest BCUT2D eigenvalue weighted by atomic mass is 32.1. The number of carbonyl (C=O) groups is 1. The van der Waals surface area contributed by atoms with Crippen molar-refractivity contribution < 1.29 is 4.79 Å². The molecular weight excluding hydrogens is 366 g/mol. The van der Waals surface area contributed by atoms with Gasteiger partial charge in [0.2, 0.25) is 0 Å². The summed E-state index contributed by atoms with van der Waals surface area (Å²) in [6.45, 7) is 3.70. The molecule has 3 heterocycles. The Hall–Kier alpha value is -2.84. The fourth-order valence-electron chi connectivity index (χ4n) is 2.51. The van der Waals surface area contributed by atoms with Crippen LogP contribution in [-0.4, -0.2) is 26.1 Å². The molecule has 2 N–H and O–H groups in total. The molecule has 0 bridgehead atoms. The van der Waals surface area contributed by atoms with Crippen LogP contribution in [0.2, 0.25) is 0 Å². The van der Waals surface area contributed by atoms with Gasteiger partial charge in [-0.15, -0.1) is 22.7 Å². The first-order valence-corrected chi connectivity index (χ1v) is 9.62. The van der Waals surface area contributed by atoms with Crippen LogP contribution >= 0.6 is 22.7 Å². The molecule has 0 saturated heterocycles. The third kappa shape index (κ3) is 3.29. The molecule has 0 atom stereocenters. The van der Waals surface area contributed by atoms with Crippen LogP contribution in [0, 0.1) is 13.8 Å². The van der Waals surface area contributed by atoms with E-state index >= 15 is 0 Å². The third-order valence-corrected chi connectivity index (χ3v) is 5.91. The molecule has 0 spiro atoms. The molecule has 0 aliphatic carbocycles. The molecule has 4 rings (SSSR count). The number of hydrogen-bond acceptors (Lipinski definition) is 6. The van der Waals surface area contributed by atoms with Gasteiger partial charge in [-0.05, 0) is 37.4 Å². The summed E-state index contributed by atoms with van der Waals surface area (Å²) in [5.41, 5.74) is 2.27. The van der Waals surface area contributed by atoms with Crippen LogP contribution in [0.1, 0.15) is 21.2 Å². The van der Waals surface area contributed by atoms with Gasteiger partial charge in [0.15, 0.2) is 5.82 Å². The normalized spacial score (nSPS) is 10.8. The Balaban J connectivity index is 1.57. The van der Waals surface area contributed by atoms with E-state index in [1.165, 1.54) is 11.3 Å². The maximum absolute atomic E-state index is 12.7. The first-order chi connectivity index (χ1) is 12.6. The molecular formula is C18H15N5OS2. The van der Waals surface area contributed by atoms with E-state index in [0.29, 0.717) is 16.4 Å². The van der Waals surface area contributed by atoms with Crippen molar-refractivity contribution in [2.45, 2.75) is 13.8 Å². The van der Waals surface area contributed by atoms with Gasteiger partial charge in [0.1, 0.15) is 15.7 Å². The Morgan fingerprint density at radius 1 is 1.15 bits per heavy atom. The number of H-pyrrole nitrogens is 1. The van der Waals surface area contributed by atoms with Gasteiger partial charge >= 0.3 is 0 Å². The number of carbonyl (C=O) groups excluding carboxylic acids is 1. The van der Waals surface area contributed by atoms with Crippen molar-refractivity contribution in [1.82, 2.24) is 20.2 Å². The van der Waals surface area contributed by atoms with Crippen LogP contribution in [-0.2, 0) is 0 Å². The van der Waals surface area contributed by atoms with E-state index in [9.17, 15) is 4.79 Å². The van der Waals surface area contributed by atoms with Crippen LogP contribution in [0.5, 0.6) is 0 Å². The van der Waals surface area contributed by atoms with E-state index in [-0.39, 0.29) is 5.91 Å². The number of thiazole rings is 1. The number of aryl methyl sites for hydroxylation is 2. The molecule has 8 heteroatoms. The van der Waals surface area contributed by atoms with Crippen molar-refractivity contribution in [3.63, 3.8) is 0 Å². The van der Waals surface area contributed by atoms with Crippen LogP contribution in [0.3, 0.4) is 0 Å². The molecule has 0 unspecified atom stereocenters. The van der Waals surface area contributed by atoms with Crippen molar-refractivity contribution in [1.29, 1.82) is 0 Å². The minimum absolute atomic E-state index is 0.161. The minimum atomic E-state index is -0.161. The zero-order valence-electron chi connectivity index (χ0n) is 14.1. The molecule has 4 aromatic rings. The largest absolute Gasteiger partial charge is 0.321 e. The number of nitrogens with one attached hydrogen (secondary N) is 2. The number of anilines is 1. The number of rotatable bonds is 4. The minimum Gasteiger partial charge on any atom is -0.321 e. The zero-order valence-corrected chi connectivity index (χ0v) is 15.7. The van der Waals surface area contributed by atoms with E-state index in [0.717, 1.165) is 27.0 Å². The van der Waals surface area contributed by atoms with Crippen LogP contribution < -0.4 is 5.32 Å². The van der Waals surface area contributed by atoms with E-state index in [1.807, 2.05) is 55.6 Å². The fraction of sp³-hybridized carbons (Fsp3) is 0.111. The Kier molecular flexibility index (Phi) is 4.36. The molecule has 1 amide bonds. The van der Waals surface area contributed by atoms with E-state index in [2.05, 4.69) is 25.5 Å². The Morgan fingerprint density at radius 3 is 2.77 bits per heavy atom. The van der Waals surface area contributed by atoms with E-state index < -0.39 is 0 Å². The molecule has 0 aliphatic rings. The molecule has 0 radical (unpaired) electrons. The van der Waals surface area contributed by atoms with E-state index in [4.69, 9.17) is 0 Å². The summed E-state index contributed by atoms with van der Waals surface area (Å²) in [5.74, 6) is 1.19. The smallest absolute Gasteiger partial charge is 0.267 e. The number of amides is 1. The molecule has 26 heavy (non-hydrogen) atoms. The Morgan fingerprint density at radius 2 is 2.04 bits per heavy atom. The van der Waals surface area contributed by atoms with Crippen LogP contribution in [0.4, 0.5) is 5.69 Å². The summed E-state index contributed by atoms with van der Waals surface area (Å²) >= 11 is 3.02. The lowest BCUT2D eigenvalue weighted by Crippen LogP contribution is -2.11. The van der Waals surface area contributed by atoms with Crippen molar-refractivity contribution in [3.05, 3.63) is 58.2 Å². The highest BCUT2D eigenvalue weighted by Gasteiger charge is 2.17. The summed E-state index contributed by atoms with van der Waals surface area (Å²) in [4.78, 5) is 23.2. The van der Waals surface area contributed by atoms with Gasteiger partial charge in [-0.3, -0.25) is 9.89 Å². The highest BCUT2D eigenvalue weighted by Crippen LogP contribution is 2.31. The molecule has 0 saturated carbocycles. The summed E-state index contributed by atoms with van der Waals surface area (Å²) in [6, 6.07) is 11.5. The van der Waals surface area contributed by atoms with Gasteiger partial charge in [0.25, 0.3) is 5.91 Å². The lowest BCUT2D eigenvalue weighted by atomic mass is 10.2. The number of aromatic amines is 1. The van der Waals surface area contributed by atoms with Gasteiger partial charge in [0.05, 0.1) is 10.6 Å². The maximum atomic E-state index is 12.7. The van der Waals surface area contributed by atoms with Gasteiger partial charge in [-0.2, -0.15) is 5.10 Å². The second kappa shape index (κ2) is 6.81. The predicted molar refractivity (Wildman–Crippen MR) is 105 cm³/mol. The fourth-order valence-corrected chi connectivity index (χ4v) is 4.27. The summed E-state index contributed by atoms with van der Waals surface area (Å²) in [7, 11) is 0. The Labute approximate surface area is 158 Å². The van der Waals surface area contributed by atoms with Crippen LogP contribution in [0.15, 0.2) is 41.8 Å². The number of aromatic nitrogens is 4. The second-order valence-electron chi connectivity index (χ2n) is 5.69. The summed E-state index contributed by atoms with van der Waals surface area (Å²) in [6.07, 6.45) is 0. The molecule has 0 fully saturated rings. The molecule has 0 aliphatic heterocycles. The SMILES string of the molecule is Cc1nc(-c2cccc(NC(=O)c3sc(-c4cccs4)nc3C)c2)n[nH]1. The standard InChI is InChI=1S/C18H15N5OS2/c1-10-15(26-18(19-10)14-7-4-8-25-14)17(24)21-13-6-3-5-12(9-13)16-20-11(2)22-23-16/h3-9H,1-2H3,(H,21,24)(H,20,22,23). The van der Waals surface area contributed by atoms with Crippen molar-refractivity contribution in [2.24, 2.45) is 0 Å². The molecule has 1 aromatic carbocycles. The average Bonchev–Trinajstić information content (AvgIpc) is 3.35. The zero-order chi connectivity index (χ0) is 18.1. The number of benzene rings is 1. The maximum Gasteiger partial charge on any atom is 0.267 e. The van der Waals surface area contributed by atoms with Gasteiger partial charge in [-0.1, -0.05) is 18.2 Å². The van der Waals surface area contributed by atoms with Gasteiger partial charge in [-0.25, -0.2) is 9.97 Å². The second-order valence-corrected chi connectivity index (χ2v) is 7.64. The molecule has 130 valence electrons. The molecule has 3 aromatic heterocycles. The summed E-state index contributed by atoms with van der Waals surface area (Å²) < 4.78 is 0. The van der Waals surface area contributed by atoms with Gasteiger partial charge < -0.3 is 5.32 Å². The average molecular weight is 381 g/mol. The molecule has 6 nitrogen and oxygen atoms in total. The Bertz CT molecular complexity index is 1070. The quantitative estimate of drug-likeness (QED) is 0.544. The van der Waals surface area contributed by atoms with Crippen LogP contribution in [0.25, 0.3) is 21.3 Å². The van der Waals surface area contributed by atoms with E-state index in [1.54, 1.807) is 11.3 Å². The van der Waals surface area contributed by atoms with Crippen molar-refractivity contribution in [3.8, 4) is 21.3 Å². The third-order valence-electron chi connectivity index (χ3n) is 3.71. The van der Waals surface area contributed by atoms with Crippen molar-refractivity contribution >= 4 is 34.3 Å². The predicted octanol–water partition coefficient (Wildman–Crippen LogP) is 4.53. The summed E-state index contributed by atoms with van der Waals surface area (Å²) in [5, 5.41) is 12.8. The van der Waals surface area contributed by atoms with Gasteiger partial charge in [0, 0.05) is 11.3 Å². The number of hydrogen-bond donors (Lipinski definition) is 2. The number of thiophene rings is 1. The lowest BCUT2D eigenvalue weighted by Gasteiger charge is -2.05. The topological polar surface area (TPSA) is 83.6 Å². The number of nitrogens with zero attached hydrogens (tertiary/aromatic N) is 3.